The maximum absolute atomic E-state index is 5.41. The Morgan fingerprint density at radius 1 is 1.55 bits per heavy atom. The third-order valence-corrected chi connectivity index (χ3v) is 2.58. The van der Waals surface area contributed by atoms with E-state index in [4.69, 9.17) is 4.42 Å². The van der Waals surface area contributed by atoms with Gasteiger partial charge in [0, 0.05) is 12.4 Å². The monoisotopic (exact) mass is 211 g/mol. The molecule has 3 heteroatoms. The lowest BCUT2D eigenvalue weighted by molar-refractivity contribution is 0.576. The Morgan fingerprint density at radius 3 is 3.09 bits per heavy atom. The second-order valence-electron chi connectivity index (χ2n) is 2.34. The Bertz CT molecular complexity index is 394. The molecule has 0 atom stereocenters. The fourth-order valence-corrected chi connectivity index (χ4v) is 1.41. The molecular weight excluding hydrogens is 206 g/mol. The van der Waals surface area contributed by atoms with E-state index >= 15 is 0 Å². The molecular formula is C8H6BrNO. The lowest BCUT2D eigenvalue weighted by Gasteiger charge is -1.83. The van der Waals surface area contributed by atoms with Crippen LogP contribution in [0.4, 0.5) is 0 Å². The number of hydrogen-bond acceptors (Lipinski definition) is 2. The predicted octanol–water partition coefficient (Wildman–Crippen LogP) is 2.90. The summed E-state index contributed by atoms with van der Waals surface area (Å²) >= 11 is 3.42. The van der Waals surface area contributed by atoms with Crippen molar-refractivity contribution in [1.29, 1.82) is 0 Å². The van der Waals surface area contributed by atoms with Crippen molar-refractivity contribution in [2.75, 3.05) is 0 Å². The maximum atomic E-state index is 5.41. The van der Waals surface area contributed by atoms with Gasteiger partial charge < -0.3 is 4.42 Å². The van der Waals surface area contributed by atoms with Crippen LogP contribution in [0.5, 0.6) is 0 Å². The molecule has 2 aromatic heterocycles. The summed E-state index contributed by atoms with van der Waals surface area (Å²) in [6.07, 6.45) is 3.51. The van der Waals surface area contributed by atoms with E-state index in [0.717, 1.165) is 21.2 Å². The van der Waals surface area contributed by atoms with Gasteiger partial charge in [0.25, 0.3) is 0 Å². The topological polar surface area (TPSA) is 26.0 Å². The smallest absolute Gasteiger partial charge is 0.138 e. The van der Waals surface area contributed by atoms with Gasteiger partial charge in [0.1, 0.15) is 11.3 Å². The number of aromatic nitrogens is 1. The van der Waals surface area contributed by atoms with Crippen LogP contribution in [0.2, 0.25) is 0 Å². The first-order valence-corrected chi connectivity index (χ1v) is 4.07. The lowest BCUT2D eigenvalue weighted by atomic mass is 10.3. The van der Waals surface area contributed by atoms with Crippen molar-refractivity contribution in [2.24, 2.45) is 0 Å². The standard InChI is InChI=1S/C8H6BrNO/c1-5-8(9)6-4-10-3-2-7(6)11-5/h2-4H,1H3. The van der Waals surface area contributed by atoms with Gasteiger partial charge in [0.15, 0.2) is 0 Å². The molecule has 0 aliphatic rings. The molecule has 2 nitrogen and oxygen atoms in total. The molecule has 0 saturated heterocycles. The lowest BCUT2D eigenvalue weighted by Crippen LogP contribution is -1.67. The summed E-state index contributed by atoms with van der Waals surface area (Å²) in [5.41, 5.74) is 0.879. The first-order valence-electron chi connectivity index (χ1n) is 3.27. The number of hydrogen-bond donors (Lipinski definition) is 0. The Labute approximate surface area is 72.4 Å². The van der Waals surface area contributed by atoms with Crippen molar-refractivity contribution >= 4 is 26.9 Å². The van der Waals surface area contributed by atoms with Crippen LogP contribution in [0, 0.1) is 6.92 Å². The van der Waals surface area contributed by atoms with Gasteiger partial charge in [-0.15, -0.1) is 0 Å². The average molecular weight is 212 g/mol. The van der Waals surface area contributed by atoms with E-state index in [-0.39, 0.29) is 0 Å². The van der Waals surface area contributed by atoms with Crippen LogP contribution in [-0.2, 0) is 0 Å². The quantitative estimate of drug-likeness (QED) is 0.670. The molecule has 0 aliphatic carbocycles. The largest absolute Gasteiger partial charge is 0.460 e. The van der Waals surface area contributed by atoms with Crippen LogP contribution in [0.3, 0.4) is 0 Å². The van der Waals surface area contributed by atoms with Gasteiger partial charge in [-0.25, -0.2) is 0 Å². The number of furan rings is 1. The second-order valence-corrected chi connectivity index (χ2v) is 3.14. The van der Waals surface area contributed by atoms with E-state index in [2.05, 4.69) is 20.9 Å². The van der Waals surface area contributed by atoms with Crippen molar-refractivity contribution in [3.8, 4) is 0 Å². The van der Waals surface area contributed by atoms with Crippen LogP contribution in [0.25, 0.3) is 11.0 Å². The van der Waals surface area contributed by atoms with E-state index in [1.54, 1.807) is 12.4 Å². The highest BCUT2D eigenvalue weighted by Gasteiger charge is 2.06. The summed E-state index contributed by atoms with van der Waals surface area (Å²) < 4.78 is 6.41. The molecule has 2 rings (SSSR count). The molecule has 0 unspecified atom stereocenters. The van der Waals surface area contributed by atoms with Crippen LogP contribution >= 0.6 is 15.9 Å². The molecule has 2 heterocycles. The second kappa shape index (κ2) is 2.34. The summed E-state index contributed by atoms with van der Waals surface area (Å²) in [7, 11) is 0. The van der Waals surface area contributed by atoms with E-state index < -0.39 is 0 Å². The van der Waals surface area contributed by atoms with Crippen LogP contribution in [0.1, 0.15) is 5.76 Å². The number of rotatable bonds is 0. The Kier molecular flexibility index (Phi) is 1.46. The number of halogens is 1. The summed E-state index contributed by atoms with van der Waals surface area (Å²) in [6.45, 7) is 1.92. The zero-order chi connectivity index (χ0) is 7.84. The van der Waals surface area contributed by atoms with Crippen molar-refractivity contribution in [1.82, 2.24) is 4.98 Å². The normalized spacial score (nSPS) is 10.7. The first-order chi connectivity index (χ1) is 5.29. The van der Waals surface area contributed by atoms with Gasteiger partial charge in [-0.05, 0) is 28.9 Å². The molecule has 0 amide bonds. The van der Waals surface area contributed by atoms with E-state index in [0.29, 0.717) is 0 Å². The summed E-state index contributed by atoms with van der Waals surface area (Å²) in [5, 5.41) is 1.03. The number of pyridine rings is 1. The molecule has 2 aromatic rings. The summed E-state index contributed by atoms with van der Waals surface area (Å²) in [5.74, 6) is 0.896. The average Bonchev–Trinajstić information content (AvgIpc) is 2.30. The predicted molar refractivity (Wildman–Crippen MR) is 46.4 cm³/mol. The molecule has 11 heavy (non-hydrogen) atoms. The Hall–Kier alpha value is -0.830. The number of fused-ring (bicyclic) bond motifs is 1. The van der Waals surface area contributed by atoms with Gasteiger partial charge in [-0.2, -0.15) is 0 Å². The number of aryl methyl sites for hydroxylation is 1. The highest BCUT2D eigenvalue weighted by atomic mass is 79.9. The SMILES string of the molecule is Cc1oc2ccncc2c1Br. The molecule has 0 aliphatic heterocycles. The minimum absolute atomic E-state index is 0.879. The first kappa shape index (κ1) is 6.85. The van der Waals surface area contributed by atoms with Crippen molar-refractivity contribution < 1.29 is 4.42 Å². The molecule has 0 spiro atoms. The number of nitrogens with zero attached hydrogens (tertiary/aromatic N) is 1. The minimum atomic E-state index is 0.879. The van der Waals surface area contributed by atoms with Crippen molar-refractivity contribution in [2.45, 2.75) is 6.92 Å². The van der Waals surface area contributed by atoms with E-state index in [9.17, 15) is 0 Å². The Morgan fingerprint density at radius 2 is 2.36 bits per heavy atom. The molecule has 0 N–H and O–H groups in total. The fraction of sp³-hybridized carbons (Fsp3) is 0.125. The van der Waals surface area contributed by atoms with Crippen molar-refractivity contribution in [3.63, 3.8) is 0 Å². The van der Waals surface area contributed by atoms with Crippen LogP contribution in [0.15, 0.2) is 27.3 Å². The third kappa shape index (κ3) is 0.959. The fourth-order valence-electron chi connectivity index (χ4n) is 1.03. The molecule has 56 valence electrons. The van der Waals surface area contributed by atoms with E-state index in [1.807, 2.05) is 13.0 Å². The van der Waals surface area contributed by atoms with Gasteiger partial charge in [0.2, 0.25) is 0 Å². The Balaban J connectivity index is 2.92. The zero-order valence-electron chi connectivity index (χ0n) is 5.97. The summed E-state index contributed by atoms with van der Waals surface area (Å²) in [4.78, 5) is 4.00. The van der Waals surface area contributed by atoms with Gasteiger partial charge >= 0.3 is 0 Å². The third-order valence-electron chi connectivity index (χ3n) is 1.59. The molecule has 0 fully saturated rings. The summed E-state index contributed by atoms with van der Waals surface area (Å²) in [6, 6.07) is 1.85. The molecule has 0 bridgehead atoms. The molecule has 0 radical (unpaired) electrons. The van der Waals surface area contributed by atoms with Gasteiger partial charge in [-0.3, -0.25) is 4.98 Å². The molecule has 0 saturated carbocycles. The minimum Gasteiger partial charge on any atom is -0.460 e. The van der Waals surface area contributed by atoms with E-state index in [1.165, 1.54) is 0 Å². The highest BCUT2D eigenvalue weighted by Crippen LogP contribution is 2.28. The zero-order valence-corrected chi connectivity index (χ0v) is 7.55. The van der Waals surface area contributed by atoms with Crippen LogP contribution < -0.4 is 0 Å². The highest BCUT2D eigenvalue weighted by molar-refractivity contribution is 9.10. The van der Waals surface area contributed by atoms with Gasteiger partial charge in [0.05, 0.1) is 9.86 Å². The van der Waals surface area contributed by atoms with Crippen LogP contribution in [-0.4, -0.2) is 4.98 Å². The maximum Gasteiger partial charge on any atom is 0.138 e. The molecule has 0 aromatic carbocycles. The van der Waals surface area contributed by atoms with Gasteiger partial charge in [-0.1, -0.05) is 0 Å². The van der Waals surface area contributed by atoms with Crippen molar-refractivity contribution in [3.05, 3.63) is 28.7 Å².